The predicted molar refractivity (Wildman–Crippen MR) is 124 cm³/mol. The van der Waals surface area contributed by atoms with Gasteiger partial charge in [0.1, 0.15) is 11.9 Å². The summed E-state index contributed by atoms with van der Waals surface area (Å²) in [7, 11) is 1.18. The minimum absolute atomic E-state index is 0.187. The highest BCUT2D eigenvalue weighted by Crippen LogP contribution is 2.55. The Balaban J connectivity index is 1.97. The molecule has 0 saturated carbocycles. The molecular weight excluding hydrogens is 659 g/mol. The first-order chi connectivity index (χ1) is 18.2. The molecule has 0 fully saturated rings. The molecule has 3 rings (SSSR count). The Bertz CT molecular complexity index is 1350. The number of carbonyl (C=O) groups excluding carboxylic acids is 2. The van der Waals surface area contributed by atoms with Crippen LogP contribution >= 0.6 is 27.3 Å². The molecule has 0 radical (unpaired) electrons. The van der Waals surface area contributed by atoms with Gasteiger partial charge in [-0.3, -0.25) is 14.5 Å². The van der Waals surface area contributed by atoms with Gasteiger partial charge in [0.25, 0.3) is 5.91 Å². The Morgan fingerprint density at radius 3 is 2.08 bits per heavy atom. The number of thiazole rings is 1. The van der Waals surface area contributed by atoms with E-state index in [1.807, 2.05) is 0 Å². The van der Waals surface area contributed by atoms with Gasteiger partial charge in [0.2, 0.25) is 5.91 Å². The summed E-state index contributed by atoms with van der Waals surface area (Å²) in [5.74, 6) is -3.42. The van der Waals surface area contributed by atoms with Crippen LogP contribution in [0.5, 0.6) is 0 Å². The summed E-state index contributed by atoms with van der Waals surface area (Å²) >= 11 is 3.03. The minimum Gasteiger partial charge on any atom is -0.319 e. The highest BCUT2D eigenvalue weighted by Gasteiger charge is 2.73. The molecule has 0 saturated heterocycles. The summed E-state index contributed by atoms with van der Waals surface area (Å²) in [6.45, 7) is 0. The van der Waals surface area contributed by atoms with E-state index in [0.29, 0.717) is 11.3 Å². The molecule has 2 aromatic rings. The first-order valence-electron chi connectivity index (χ1n) is 10.5. The number of aromatic nitrogens is 1. The molecule has 1 aromatic carbocycles. The molecule has 1 aromatic heterocycles. The number of hydrogen-bond acceptors (Lipinski definition) is 4. The van der Waals surface area contributed by atoms with Crippen molar-refractivity contribution in [3.05, 3.63) is 63.1 Å². The maximum absolute atomic E-state index is 14.4. The Labute approximate surface area is 229 Å². The van der Waals surface area contributed by atoms with Gasteiger partial charge >= 0.3 is 24.2 Å². The van der Waals surface area contributed by atoms with Crippen molar-refractivity contribution in [3.8, 4) is 0 Å². The van der Waals surface area contributed by atoms with Crippen molar-refractivity contribution in [2.45, 2.75) is 30.4 Å². The van der Waals surface area contributed by atoms with Gasteiger partial charge in [-0.05, 0) is 34.1 Å². The average Bonchev–Trinajstić information content (AvgIpc) is 3.32. The van der Waals surface area contributed by atoms with E-state index in [1.54, 1.807) is 5.32 Å². The second-order valence-electron chi connectivity index (χ2n) is 8.14. The maximum Gasteiger partial charge on any atom is 0.435 e. The molecular formula is C22H13BrF11N3O2S. The molecule has 40 heavy (non-hydrogen) atoms. The van der Waals surface area contributed by atoms with Crippen LogP contribution < -0.4 is 10.2 Å². The minimum atomic E-state index is -6.69. The molecule has 0 aliphatic heterocycles. The number of anilines is 2. The molecule has 1 aliphatic rings. The number of nitrogens with one attached hydrogen (secondary N) is 1. The van der Waals surface area contributed by atoms with Crippen molar-refractivity contribution in [2.24, 2.45) is 5.92 Å². The van der Waals surface area contributed by atoms with Crippen molar-refractivity contribution in [3.63, 3.8) is 0 Å². The third kappa shape index (κ3) is 5.87. The van der Waals surface area contributed by atoms with Gasteiger partial charge in [-0.25, -0.2) is 13.8 Å². The van der Waals surface area contributed by atoms with Crippen molar-refractivity contribution < 1.29 is 57.9 Å². The van der Waals surface area contributed by atoms with Crippen LogP contribution in [0.15, 0.2) is 46.3 Å². The molecule has 18 heteroatoms. The van der Waals surface area contributed by atoms with Crippen molar-refractivity contribution in [1.29, 1.82) is 0 Å². The number of nitrogens with zero attached hydrogens (tertiary/aromatic N) is 2. The van der Waals surface area contributed by atoms with E-state index < -0.39 is 81.1 Å². The quantitative estimate of drug-likeness (QED) is 0.335. The maximum atomic E-state index is 14.4. The second-order valence-corrected chi connectivity index (χ2v) is 9.83. The van der Waals surface area contributed by atoms with E-state index in [1.165, 1.54) is 25.3 Å². The number of hydrogen-bond donors (Lipinski definition) is 1. The van der Waals surface area contributed by atoms with Crippen molar-refractivity contribution >= 4 is 49.9 Å². The van der Waals surface area contributed by atoms with Crippen LogP contribution in [0.4, 0.5) is 59.1 Å². The zero-order valence-electron chi connectivity index (χ0n) is 19.4. The Morgan fingerprint density at radius 2 is 1.55 bits per heavy atom. The van der Waals surface area contributed by atoms with Crippen LogP contribution in [0.3, 0.4) is 0 Å². The van der Waals surface area contributed by atoms with E-state index in [-0.39, 0.29) is 11.2 Å². The van der Waals surface area contributed by atoms with Crippen molar-refractivity contribution in [1.82, 2.24) is 4.98 Å². The molecule has 2 amide bonds. The van der Waals surface area contributed by atoms with E-state index >= 15 is 0 Å². The van der Waals surface area contributed by atoms with E-state index in [4.69, 9.17) is 0 Å². The largest absolute Gasteiger partial charge is 0.435 e. The third-order valence-electron chi connectivity index (χ3n) is 5.51. The fraction of sp³-hybridized carbons (Fsp3) is 0.318. The van der Waals surface area contributed by atoms with Gasteiger partial charge in [-0.2, -0.15) is 39.5 Å². The molecule has 5 nitrogen and oxygen atoms in total. The number of alkyl halides is 11. The molecule has 0 spiro atoms. The number of rotatable bonds is 5. The Hall–Kier alpha value is -3.02. The molecule has 2 unspecified atom stereocenters. The fourth-order valence-electron chi connectivity index (χ4n) is 3.46. The van der Waals surface area contributed by atoms with Gasteiger partial charge in [0.15, 0.2) is 5.13 Å². The van der Waals surface area contributed by atoms with Gasteiger partial charge in [0.05, 0.1) is 17.2 Å². The Morgan fingerprint density at radius 1 is 0.975 bits per heavy atom. The highest BCUT2D eigenvalue weighted by molar-refractivity contribution is 9.10. The summed E-state index contributed by atoms with van der Waals surface area (Å²) in [5.41, 5.74) is -12.8. The van der Waals surface area contributed by atoms with Crippen LogP contribution in [-0.4, -0.2) is 42.4 Å². The standard InChI is InChI=1S/C22H13BrF11N3O2S/c1-37(17(39)10-4-2-3-5-13(10)24)18-35-14(8-40-18)16(38)36-15-11(20(26,27)28)6-9(7-12(15)23)19(25,21(29,30)31)22(32,33)34/h2-8,10,13H,1H3,(H,36,38). The van der Waals surface area contributed by atoms with Crippen molar-refractivity contribution in [2.75, 3.05) is 17.3 Å². The number of halogens is 12. The lowest BCUT2D eigenvalue weighted by molar-refractivity contribution is -0.348. The number of benzene rings is 1. The normalized spacial score (nSPS) is 18.1. The van der Waals surface area contributed by atoms with Gasteiger partial charge in [-0.1, -0.05) is 18.2 Å². The summed E-state index contributed by atoms with van der Waals surface area (Å²) in [6.07, 6.45) is -15.5. The molecule has 0 bridgehead atoms. The average molecular weight is 672 g/mol. The second kappa shape index (κ2) is 10.8. The SMILES string of the molecule is CN(C(=O)C1C=CC=CC1F)c1nc(C(=O)Nc2c(Br)cc(C(F)(C(F)(F)F)C(F)(F)F)cc2C(F)(F)F)cs1. The fourth-order valence-corrected chi connectivity index (χ4v) is 4.80. The lowest BCUT2D eigenvalue weighted by Gasteiger charge is -2.31. The summed E-state index contributed by atoms with van der Waals surface area (Å²) in [6, 6.07) is -0.899. The van der Waals surface area contributed by atoms with Crippen LogP contribution in [0.25, 0.3) is 0 Å². The topological polar surface area (TPSA) is 62.3 Å². The third-order valence-corrected chi connectivity index (χ3v) is 7.05. The van der Waals surface area contributed by atoms with Crippen LogP contribution in [0.1, 0.15) is 21.6 Å². The van der Waals surface area contributed by atoms with Gasteiger partial charge in [0, 0.05) is 22.5 Å². The van der Waals surface area contributed by atoms with E-state index in [2.05, 4.69) is 20.9 Å². The molecule has 2 atom stereocenters. The van der Waals surface area contributed by atoms with E-state index in [0.717, 1.165) is 16.4 Å². The predicted octanol–water partition coefficient (Wildman–Crippen LogP) is 7.51. The first kappa shape index (κ1) is 31.5. The monoisotopic (exact) mass is 671 g/mol. The zero-order valence-corrected chi connectivity index (χ0v) is 21.8. The smallest absolute Gasteiger partial charge is 0.319 e. The lowest BCUT2D eigenvalue weighted by atomic mass is 9.92. The molecule has 1 aliphatic carbocycles. The van der Waals surface area contributed by atoms with Gasteiger partial charge < -0.3 is 5.32 Å². The first-order valence-corrected chi connectivity index (χ1v) is 12.1. The Kier molecular flexibility index (Phi) is 8.47. The lowest BCUT2D eigenvalue weighted by Crippen LogP contribution is -2.50. The highest BCUT2D eigenvalue weighted by atomic mass is 79.9. The summed E-state index contributed by atoms with van der Waals surface area (Å²) in [5, 5.41) is 2.47. The summed E-state index contributed by atoms with van der Waals surface area (Å²) < 4.78 is 147. The number of carbonyl (C=O) groups is 2. The molecule has 1 heterocycles. The van der Waals surface area contributed by atoms with Crippen LogP contribution in [0, 0.1) is 5.92 Å². The molecule has 218 valence electrons. The molecule has 1 N–H and O–H groups in total. The van der Waals surface area contributed by atoms with Crippen LogP contribution in [-0.2, 0) is 16.6 Å². The zero-order chi connectivity index (χ0) is 30.4. The summed E-state index contributed by atoms with van der Waals surface area (Å²) in [4.78, 5) is 29.9. The van der Waals surface area contributed by atoms with Crippen LogP contribution in [0.2, 0.25) is 0 Å². The van der Waals surface area contributed by atoms with Gasteiger partial charge in [-0.15, -0.1) is 11.3 Å². The number of amides is 2. The van der Waals surface area contributed by atoms with E-state index in [9.17, 15) is 57.9 Å². The number of allylic oxidation sites excluding steroid dienone is 3.